The Hall–Kier alpha value is -2.55. The number of amides is 2. The number of rotatable bonds is 5. The molecule has 0 unspecified atom stereocenters. The summed E-state index contributed by atoms with van der Waals surface area (Å²) < 4.78 is 5.55. The van der Waals surface area contributed by atoms with Crippen LogP contribution in [-0.4, -0.2) is 54.9 Å². The molecule has 1 heterocycles. The number of benzene rings is 1. The molecular weight excluding hydrogens is 270 g/mol. The molecule has 1 aromatic carbocycles. The van der Waals surface area contributed by atoms with Gasteiger partial charge in [0.15, 0.2) is 0 Å². The van der Waals surface area contributed by atoms with Gasteiger partial charge >= 0.3 is 11.8 Å². The maximum Gasteiger partial charge on any atom is 0.312 e. The van der Waals surface area contributed by atoms with Crippen molar-refractivity contribution < 1.29 is 14.3 Å². The molecule has 0 aromatic heterocycles. The number of hydrogen-bond donors (Lipinski definition) is 0. The van der Waals surface area contributed by atoms with E-state index in [1.807, 2.05) is 0 Å². The van der Waals surface area contributed by atoms with Crippen molar-refractivity contribution in [2.75, 3.05) is 33.3 Å². The maximum atomic E-state index is 11.8. The number of ether oxygens (including phenoxy) is 1. The Morgan fingerprint density at radius 3 is 2.76 bits per heavy atom. The van der Waals surface area contributed by atoms with Crippen molar-refractivity contribution in [3.05, 3.63) is 29.8 Å². The zero-order chi connectivity index (χ0) is 15.2. The standard InChI is InChI=1S/C15H17N3O3/c1-17-8-9-18(15(20)14(17)19)7-4-10-21-13-6-3-2-5-12(13)11-16/h2-3,5-6H,4,7-10H2,1H3. The van der Waals surface area contributed by atoms with Crippen LogP contribution >= 0.6 is 0 Å². The minimum absolute atomic E-state index is 0.395. The highest BCUT2D eigenvalue weighted by molar-refractivity contribution is 6.35. The fourth-order valence-corrected chi connectivity index (χ4v) is 2.11. The number of nitrogens with zero attached hydrogens (tertiary/aromatic N) is 3. The minimum Gasteiger partial charge on any atom is -0.492 e. The lowest BCUT2D eigenvalue weighted by atomic mass is 10.2. The average molecular weight is 287 g/mol. The molecule has 6 heteroatoms. The number of para-hydroxylation sites is 1. The Labute approximate surface area is 123 Å². The second-order valence-corrected chi connectivity index (χ2v) is 4.83. The summed E-state index contributed by atoms with van der Waals surface area (Å²) >= 11 is 0. The van der Waals surface area contributed by atoms with Crippen LogP contribution in [0.3, 0.4) is 0 Å². The van der Waals surface area contributed by atoms with Gasteiger partial charge in [0.1, 0.15) is 11.8 Å². The zero-order valence-corrected chi connectivity index (χ0v) is 11.9. The van der Waals surface area contributed by atoms with Crippen molar-refractivity contribution in [1.82, 2.24) is 9.80 Å². The molecule has 1 fully saturated rings. The van der Waals surface area contributed by atoms with Crippen LogP contribution in [0.5, 0.6) is 5.75 Å². The number of piperazine rings is 1. The van der Waals surface area contributed by atoms with Gasteiger partial charge in [-0.2, -0.15) is 5.26 Å². The van der Waals surface area contributed by atoms with Gasteiger partial charge in [-0.1, -0.05) is 12.1 Å². The van der Waals surface area contributed by atoms with E-state index in [4.69, 9.17) is 10.00 Å². The minimum atomic E-state index is -0.461. The maximum absolute atomic E-state index is 11.8. The molecule has 6 nitrogen and oxygen atoms in total. The van der Waals surface area contributed by atoms with Gasteiger partial charge in [0.05, 0.1) is 12.2 Å². The largest absolute Gasteiger partial charge is 0.492 e. The van der Waals surface area contributed by atoms with Crippen molar-refractivity contribution >= 4 is 11.8 Å². The van der Waals surface area contributed by atoms with E-state index in [-0.39, 0.29) is 0 Å². The van der Waals surface area contributed by atoms with E-state index in [2.05, 4.69) is 6.07 Å². The SMILES string of the molecule is CN1CCN(CCCOc2ccccc2C#N)C(=O)C1=O. The fraction of sp³-hybridized carbons (Fsp3) is 0.400. The summed E-state index contributed by atoms with van der Waals surface area (Å²) in [6.45, 7) is 1.98. The van der Waals surface area contributed by atoms with Gasteiger partial charge in [-0.3, -0.25) is 9.59 Å². The van der Waals surface area contributed by atoms with Crippen LogP contribution < -0.4 is 4.74 Å². The van der Waals surface area contributed by atoms with E-state index < -0.39 is 11.8 Å². The van der Waals surface area contributed by atoms with E-state index in [0.29, 0.717) is 44.0 Å². The van der Waals surface area contributed by atoms with E-state index in [1.165, 1.54) is 4.90 Å². The van der Waals surface area contributed by atoms with Gasteiger partial charge in [0.25, 0.3) is 0 Å². The number of carbonyl (C=O) groups excluding carboxylic acids is 2. The average Bonchev–Trinajstić information content (AvgIpc) is 2.51. The van der Waals surface area contributed by atoms with Crippen LogP contribution in [0.1, 0.15) is 12.0 Å². The van der Waals surface area contributed by atoms with Gasteiger partial charge < -0.3 is 14.5 Å². The fourth-order valence-electron chi connectivity index (χ4n) is 2.11. The molecular formula is C15H17N3O3. The lowest BCUT2D eigenvalue weighted by Gasteiger charge is -2.31. The predicted octanol–water partition coefficient (Wildman–Crippen LogP) is 0.628. The molecule has 110 valence electrons. The Balaban J connectivity index is 1.79. The van der Waals surface area contributed by atoms with Crippen molar-refractivity contribution in [2.24, 2.45) is 0 Å². The van der Waals surface area contributed by atoms with Crippen LogP contribution in [0.25, 0.3) is 0 Å². The molecule has 0 radical (unpaired) electrons. The molecule has 21 heavy (non-hydrogen) atoms. The summed E-state index contributed by atoms with van der Waals surface area (Å²) in [4.78, 5) is 26.3. The van der Waals surface area contributed by atoms with Crippen molar-refractivity contribution in [3.63, 3.8) is 0 Å². The highest BCUT2D eigenvalue weighted by Gasteiger charge is 2.29. The monoisotopic (exact) mass is 287 g/mol. The highest BCUT2D eigenvalue weighted by atomic mass is 16.5. The van der Waals surface area contributed by atoms with Crippen LogP contribution in [0, 0.1) is 11.3 Å². The van der Waals surface area contributed by atoms with Crippen molar-refractivity contribution in [3.8, 4) is 11.8 Å². The van der Waals surface area contributed by atoms with Crippen LogP contribution in [-0.2, 0) is 9.59 Å². The zero-order valence-electron chi connectivity index (χ0n) is 11.9. The lowest BCUT2D eigenvalue weighted by Crippen LogP contribution is -2.53. The Morgan fingerprint density at radius 1 is 1.24 bits per heavy atom. The number of likely N-dealkylation sites (N-methyl/N-ethyl adjacent to an activating group) is 1. The smallest absolute Gasteiger partial charge is 0.312 e. The van der Waals surface area contributed by atoms with Gasteiger partial charge in [0, 0.05) is 26.7 Å². The molecule has 1 aliphatic rings. The quantitative estimate of drug-likeness (QED) is 0.588. The van der Waals surface area contributed by atoms with E-state index >= 15 is 0 Å². The molecule has 2 amide bonds. The Kier molecular flexibility index (Phi) is 4.77. The molecule has 0 saturated carbocycles. The second kappa shape index (κ2) is 6.75. The van der Waals surface area contributed by atoms with Gasteiger partial charge in [-0.15, -0.1) is 0 Å². The first-order valence-electron chi connectivity index (χ1n) is 6.80. The number of hydrogen-bond acceptors (Lipinski definition) is 4. The molecule has 1 aliphatic heterocycles. The first-order chi connectivity index (χ1) is 10.1. The van der Waals surface area contributed by atoms with Crippen molar-refractivity contribution in [2.45, 2.75) is 6.42 Å². The van der Waals surface area contributed by atoms with Gasteiger partial charge in [0.2, 0.25) is 0 Å². The Morgan fingerprint density at radius 2 is 2.00 bits per heavy atom. The highest BCUT2D eigenvalue weighted by Crippen LogP contribution is 2.16. The number of carbonyl (C=O) groups is 2. The third-order valence-corrected chi connectivity index (χ3v) is 3.36. The van der Waals surface area contributed by atoms with Crippen LogP contribution in [0.4, 0.5) is 0 Å². The predicted molar refractivity (Wildman–Crippen MR) is 75.5 cm³/mol. The summed E-state index contributed by atoms with van der Waals surface area (Å²) in [5.74, 6) is -0.376. The van der Waals surface area contributed by atoms with Gasteiger partial charge in [-0.05, 0) is 18.6 Å². The summed E-state index contributed by atoms with van der Waals surface area (Å²) in [7, 11) is 1.62. The molecule has 1 aromatic rings. The Bertz CT molecular complexity index is 580. The van der Waals surface area contributed by atoms with Gasteiger partial charge in [-0.25, -0.2) is 0 Å². The third-order valence-electron chi connectivity index (χ3n) is 3.36. The first kappa shape index (κ1) is 14.9. The molecule has 0 aliphatic carbocycles. The first-order valence-corrected chi connectivity index (χ1v) is 6.80. The normalized spacial score (nSPS) is 15.0. The molecule has 0 N–H and O–H groups in total. The summed E-state index contributed by atoms with van der Waals surface area (Å²) in [6.07, 6.45) is 0.614. The number of nitriles is 1. The van der Waals surface area contributed by atoms with Crippen LogP contribution in [0.15, 0.2) is 24.3 Å². The topological polar surface area (TPSA) is 73.6 Å². The molecule has 0 spiro atoms. The van der Waals surface area contributed by atoms with Crippen LogP contribution in [0.2, 0.25) is 0 Å². The molecule has 0 atom stereocenters. The summed E-state index contributed by atoms with van der Waals surface area (Å²) in [5.41, 5.74) is 0.489. The molecule has 1 saturated heterocycles. The third kappa shape index (κ3) is 3.51. The summed E-state index contributed by atoms with van der Waals surface area (Å²) in [6, 6.07) is 9.08. The van der Waals surface area contributed by atoms with E-state index in [0.717, 1.165) is 0 Å². The lowest BCUT2D eigenvalue weighted by molar-refractivity contribution is -0.155. The molecule has 0 bridgehead atoms. The van der Waals surface area contributed by atoms with Crippen molar-refractivity contribution in [1.29, 1.82) is 5.26 Å². The molecule has 2 rings (SSSR count). The second-order valence-electron chi connectivity index (χ2n) is 4.83. The van der Waals surface area contributed by atoms with E-state index in [1.54, 1.807) is 36.2 Å². The van der Waals surface area contributed by atoms with E-state index in [9.17, 15) is 9.59 Å². The summed E-state index contributed by atoms with van der Waals surface area (Å²) in [5, 5.41) is 8.94.